The number of rotatable bonds is 6. The van der Waals surface area contributed by atoms with Crippen LogP contribution in [0.3, 0.4) is 0 Å². The molecule has 0 aliphatic carbocycles. The first-order chi connectivity index (χ1) is 9.25. The lowest BCUT2D eigenvalue weighted by Gasteiger charge is -2.27. The highest BCUT2D eigenvalue weighted by Crippen LogP contribution is 2.37. The summed E-state index contributed by atoms with van der Waals surface area (Å²) in [6.07, 6.45) is 0. The van der Waals surface area contributed by atoms with Crippen molar-refractivity contribution >= 4 is 11.4 Å². The summed E-state index contributed by atoms with van der Waals surface area (Å²) in [6, 6.07) is 1.90. The third-order valence-electron chi connectivity index (χ3n) is 3.25. The van der Waals surface area contributed by atoms with Gasteiger partial charge >= 0.3 is 11.4 Å². The van der Waals surface area contributed by atoms with Gasteiger partial charge in [0.2, 0.25) is 0 Å². The first-order valence-electron chi connectivity index (χ1n) is 5.98. The van der Waals surface area contributed by atoms with Gasteiger partial charge in [-0.1, -0.05) is 0 Å². The molecule has 2 N–H and O–H groups in total. The van der Waals surface area contributed by atoms with Crippen molar-refractivity contribution in [1.29, 1.82) is 0 Å². The first kappa shape index (κ1) is 15.8. The lowest BCUT2D eigenvalue weighted by atomic mass is 10.1. The number of phenolic OH excluding ortho intramolecular Hbond substituents is 1. The zero-order valence-corrected chi connectivity index (χ0v) is 11.1. The van der Waals surface area contributed by atoms with Crippen LogP contribution in [-0.2, 0) is 6.54 Å². The minimum atomic E-state index is -0.914. The number of quaternary nitrogens is 1. The number of benzene rings is 1. The van der Waals surface area contributed by atoms with E-state index < -0.39 is 31.6 Å². The number of aromatic hydroxyl groups is 1. The number of hydrogen-bond acceptors (Lipinski definition) is 6. The lowest BCUT2D eigenvalue weighted by molar-refractivity contribution is -1.11. The van der Waals surface area contributed by atoms with Crippen LogP contribution in [0, 0.1) is 20.2 Å². The van der Waals surface area contributed by atoms with Gasteiger partial charge in [-0.3, -0.25) is 20.2 Å². The quantitative estimate of drug-likeness (QED) is 0.467. The number of nitrogens with zero attached hydrogens (tertiary/aromatic N) is 3. The Morgan fingerprint density at radius 3 is 2.10 bits per heavy atom. The van der Waals surface area contributed by atoms with Crippen molar-refractivity contribution in [1.82, 2.24) is 0 Å². The Labute approximate surface area is 114 Å². The van der Waals surface area contributed by atoms with Crippen LogP contribution in [0.5, 0.6) is 5.75 Å². The molecular formula is C11H16N3O6+. The SMILES string of the molecule is CC[N+](O)(CC)Cc1c(O)ccc([N+](=O)[O-])c1[N+](=O)[O-]. The fourth-order valence-corrected chi connectivity index (χ4v) is 1.86. The highest BCUT2D eigenvalue weighted by Gasteiger charge is 2.36. The second kappa shape index (κ2) is 5.80. The van der Waals surface area contributed by atoms with Crippen molar-refractivity contribution < 1.29 is 24.8 Å². The minimum absolute atomic E-state index is 0.240. The van der Waals surface area contributed by atoms with Gasteiger partial charge in [0, 0.05) is 6.07 Å². The van der Waals surface area contributed by atoms with Gasteiger partial charge in [-0.05, 0) is 19.9 Å². The minimum Gasteiger partial charge on any atom is -0.507 e. The van der Waals surface area contributed by atoms with Gasteiger partial charge in [0.1, 0.15) is 30.9 Å². The molecule has 0 aromatic heterocycles. The number of nitro groups is 2. The van der Waals surface area contributed by atoms with Crippen molar-refractivity contribution in [3.05, 3.63) is 37.9 Å². The maximum absolute atomic E-state index is 11.1. The molecule has 0 radical (unpaired) electrons. The summed E-state index contributed by atoms with van der Waals surface area (Å²) in [4.78, 5) is 20.1. The van der Waals surface area contributed by atoms with E-state index in [0.717, 1.165) is 12.1 Å². The van der Waals surface area contributed by atoms with Crippen molar-refractivity contribution in [2.75, 3.05) is 13.1 Å². The summed E-state index contributed by atoms with van der Waals surface area (Å²) in [5.41, 5.74) is -1.73. The highest BCUT2D eigenvalue weighted by atomic mass is 16.6. The van der Waals surface area contributed by atoms with Crippen LogP contribution < -0.4 is 0 Å². The van der Waals surface area contributed by atoms with E-state index >= 15 is 0 Å². The number of phenols is 1. The fourth-order valence-electron chi connectivity index (χ4n) is 1.86. The first-order valence-corrected chi connectivity index (χ1v) is 5.98. The maximum atomic E-state index is 11.1. The molecule has 110 valence electrons. The van der Waals surface area contributed by atoms with E-state index in [9.17, 15) is 30.5 Å². The zero-order chi connectivity index (χ0) is 15.5. The predicted octanol–water partition coefficient (Wildman–Crippen LogP) is 1.95. The Kier molecular flexibility index (Phi) is 4.58. The average Bonchev–Trinajstić information content (AvgIpc) is 2.39. The molecule has 0 spiro atoms. The van der Waals surface area contributed by atoms with Crippen LogP contribution in [0.1, 0.15) is 19.4 Å². The third kappa shape index (κ3) is 3.00. The van der Waals surface area contributed by atoms with Crippen molar-refractivity contribution in [3.63, 3.8) is 0 Å². The van der Waals surface area contributed by atoms with Crippen LogP contribution in [0.15, 0.2) is 12.1 Å². The molecule has 1 aromatic rings. The van der Waals surface area contributed by atoms with Gasteiger partial charge in [-0.15, -0.1) is 0 Å². The molecule has 1 aromatic carbocycles. The predicted molar refractivity (Wildman–Crippen MR) is 68.2 cm³/mol. The molecule has 0 fully saturated rings. The fraction of sp³-hybridized carbons (Fsp3) is 0.455. The van der Waals surface area contributed by atoms with E-state index in [-0.39, 0.29) is 25.2 Å². The standard InChI is InChI=1S/C11H15N3O6/c1-3-14(20,4-2)7-8-10(15)6-5-9(12(16)17)11(8)13(18)19/h5-6,20H,3-4,7H2,1-2H3/p+1. The third-order valence-corrected chi connectivity index (χ3v) is 3.25. The summed E-state index contributed by atoms with van der Waals surface area (Å²) in [7, 11) is 0. The Morgan fingerprint density at radius 2 is 1.70 bits per heavy atom. The Hall–Kier alpha value is -2.26. The van der Waals surface area contributed by atoms with Crippen molar-refractivity contribution in [2.24, 2.45) is 0 Å². The summed E-state index contributed by atoms with van der Waals surface area (Å²) >= 11 is 0. The van der Waals surface area contributed by atoms with Crippen LogP contribution >= 0.6 is 0 Å². The molecule has 0 unspecified atom stereocenters. The second-order valence-electron chi connectivity index (χ2n) is 4.33. The smallest absolute Gasteiger partial charge is 0.358 e. The monoisotopic (exact) mass is 286 g/mol. The molecule has 9 heteroatoms. The van der Waals surface area contributed by atoms with E-state index in [1.54, 1.807) is 13.8 Å². The summed E-state index contributed by atoms with van der Waals surface area (Å²) in [6.45, 7) is 3.55. The molecule has 0 bridgehead atoms. The van der Waals surface area contributed by atoms with Gasteiger partial charge in [0.15, 0.2) is 0 Å². The molecule has 0 saturated carbocycles. The lowest BCUT2D eigenvalue weighted by Crippen LogP contribution is -2.43. The topological polar surface area (TPSA) is 127 Å². The highest BCUT2D eigenvalue weighted by molar-refractivity contribution is 5.62. The van der Waals surface area contributed by atoms with Gasteiger partial charge < -0.3 is 5.11 Å². The van der Waals surface area contributed by atoms with E-state index in [2.05, 4.69) is 0 Å². The zero-order valence-electron chi connectivity index (χ0n) is 11.1. The summed E-state index contributed by atoms with van der Waals surface area (Å²) in [5.74, 6) is -0.444. The van der Waals surface area contributed by atoms with Crippen LogP contribution in [-0.4, -0.2) is 37.9 Å². The molecule has 1 rings (SSSR count). The molecule has 0 aliphatic rings. The Balaban J connectivity index is 3.48. The molecular weight excluding hydrogens is 270 g/mol. The summed E-state index contributed by atoms with van der Waals surface area (Å²) < 4.78 is -0.560. The number of hydrogen-bond donors (Lipinski definition) is 2. The van der Waals surface area contributed by atoms with Crippen LogP contribution in [0.4, 0.5) is 11.4 Å². The van der Waals surface area contributed by atoms with Gasteiger partial charge in [-0.2, -0.15) is 4.65 Å². The van der Waals surface area contributed by atoms with Gasteiger partial charge in [-0.25, -0.2) is 5.21 Å². The van der Waals surface area contributed by atoms with E-state index in [1.807, 2.05) is 0 Å². The summed E-state index contributed by atoms with van der Waals surface area (Å²) in [5, 5.41) is 41.8. The van der Waals surface area contributed by atoms with Crippen molar-refractivity contribution in [3.8, 4) is 5.75 Å². The molecule has 9 nitrogen and oxygen atoms in total. The molecule has 0 saturated heterocycles. The molecule has 0 atom stereocenters. The van der Waals surface area contributed by atoms with E-state index in [0.29, 0.717) is 0 Å². The number of hydroxylamine groups is 3. The van der Waals surface area contributed by atoms with E-state index in [1.165, 1.54) is 0 Å². The molecule has 20 heavy (non-hydrogen) atoms. The molecule has 0 amide bonds. The normalized spacial score (nSPS) is 11.3. The average molecular weight is 286 g/mol. The van der Waals surface area contributed by atoms with Crippen LogP contribution in [0.2, 0.25) is 0 Å². The second-order valence-corrected chi connectivity index (χ2v) is 4.33. The largest absolute Gasteiger partial charge is 0.507 e. The van der Waals surface area contributed by atoms with Gasteiger partial charge in [0.05, 0.1) is 9.85 Å². The number of nitro benzene ring substituents is 2. The maximum Gasteiger partial charge on any atom is 0.358 e. The molecule has 0 aliphatic heterocycles. The van der Waals surface area contributed by atoms with Crippen molar-refractivity contribution in [2.45, 2.75) is 20.4 Å². The van der Waals surface area contributed by atoms with E-state index in [4.69, 9.17) is 0 Å². The van der Waals surface area contributed by atoms with Gasteiger partial charge in [0.25, 0.3) is 0 Å². The Morgan fingerprint density at radius 1 is 1.15 bits per heavy atom. The van der Waals surface area contributed by atoms with Crippen LogP contribution in [0.25, 0.3) is 0 Å². The Bertz CT molecular complexity index is 541. The molecule has 0 heterocycles.